The van der Waals surface area contributed by atoms with Crippen molar-refractivity contribution in [1.82, 2.24) is 5.32 Å². The molecule has 4 nitrogen and oxygen atoms in total. The van der Waals surface area contributed by atoms with E-state index in [-0.39, 0.29) is 0 Å². The van der Waals surface area contributed by atoms with Crippen molar-refractivity contribution in [2.75, 3.05) is 11.0 Å². The Balaban J connectivity index is 1.95. The molecular weight excluding hydrogens is 343 g/mol. The predicted octanol–water partition coefficient (Wildman–Crippen LogP) is 3.65. The minimum Gasteiger partial charge on any atom is -0.309 e. The Hall–Kier alpha value is -1.27. The third kappa shape index (κ3) is 5.50. The maximum absolute atomic E-state index is 11.2. The summed E-state index contributed by atoms with van der Waals surface area (Å²) in [4.78, 5) is 0. The Morgan fingerprint density at radius 3 is 2.50 bits per heavy atom. The van der Waals surface area contributed by atoms with Gasteiger partial charge in [-0.3, -0.25) is 4.72 Å². The summed E-state index contributed by atoms with van der Waals surface area (Å²) in [5, 5.41) is 4.49. The summed E-state index contributed by atoms with van der Waals surface area (Å²) in [6, 6.07) is 12.6. The second-order valence-corrected chi connectivity index (χ2v) is 7.51. The van der Waals surface area contributed by atoms with Gasteiger partial charge in [-0.15, -0.1) is 0 Å². The number of hydrogen-bond acceptors (Lipinski definition) is 3. The number of halogens is 2. The summed E-state index contributed by atoms with van der Waals surface area (Å²) in [6.45, 7) is 1.19. The SMILES string of the molecule is CS(=O)(=O)Nc1cccc(CNCc2ccc(Cl)cc2Cl)c1. The molecule has 0 spiro atoms. The van der Waals surface area contributed by atoms with Gasteiger partial charge in [-0.05, 0) is 35.4 Å². The van der Waals surface area contributed by atoms with Gasteiger partial charge < -0.3 is 5.32 Å². The maximum Gasteiger partial charge on any atom is 0.229 e. The van der Waals surface area contributed by atoms with E-state index < -0.39 is 10.0 Å². The summed E-state index contributed by atoms with van der Waals surface area (Å²) in [6.07, 6.45) is 1.13. The van der Waals surface area contributed by atoms with Gasteiger partial charge in [0.1, 0.15) is 0 Å². The zero-order valence-electron chi connectivity index (χ0n) is 11.9. The van der Waals surface area contributed by atoms with Crippen molar-refractivity contribution >= 4 is 38.9 Å². The van der Waals surface area contributed by atoms with Crippen LogP contribution < -0.4 is 10.0 Å². The van der Waals surface area contributed by atoms with Crippen LogP contribution in [0.2, 0.25) is 10.0 Å². The molecule has 0 saturated carbocycles. The summed E-state index contributed by atoms with van der Waals surface area (Å²) < 4.78 is 24.9. The molecule has 0 amide bonds. The largest absolute Gasteiger partial charge is 0.309 e. The minimum absolute atomic E-state index is 0.548. The lowest BCUT2D eigenvalue weighted by Gasteiger charge is -2.09. The average molecular weight is 359 g/mol. The fourth-order valence-corrected chi connectivity index (χ4v) is 3.00. The number of nitrogens with one attached hydrogen (secondary N) is 2. The molecular formula is C15H16Cl2N2O2S. The summed E-state index contributed by atoms with van der Waals surface area (Å²) in [5.74, 6) is 0. The predicted molar refractivity (Wildman–Crippen MR) is 91.9 cm³/mol. The van der Waals surface area contributed by atoms with Crippen molar-refractivity contribution in [3.05, 3.63) is 63.6 Å². The molecule has 0 unspecified atom stereocenters. The van der Waals surface area contributed by atoms with E-state index in [1.165, 1.54) is 0 Å². The van der Waals surface area contributed by atoms with Crippen molar-refractivity contribution in [1.29, 1.82) is 0 Å². The van der Waals surface area contributed by atoms with Gasteiger partial charge in [0, 0.05) is 28.8 Å². The maximum atomic E-state index is 11.2. The van der Waals surface area contributed by atoms with E-state index in [9.17, 15) is 8.42 Å². The van der Waals surface area contributed by atoms with Crippen LogP contribution in [0.3, 0.4) is 0 Å². The Morgan fingerprint density at radius 1 is 1.05 bits per heavy atom. The van der Waals surface area contributed by atoms with Gasteiger partial charge in [0.25, 0.3) is 0 Å². The van der Waals surface area contributed by atoms with Crippen LogP contribution in [0, 0.1) is 0 Å². The third-order valence-corrected chi connectivity index (χ3v) is 4.08. The first-order valence-electron chi connectivity index (χ1n) is 6.55. The van der Waals surface area contributed by atoms with Crippen LogP contribution in [0.5, 0.6) is 0 Å². The topological polar surface area (TPSA) is 58.2 Å². The lowest BCUT2D eigenvalue weighted by Crippen LogP contribution is -2.14. The molecule has 0 aromatic heterocycles. The normalized spacial score (nSPS) is 11.4. The molecule has 0 aliphatic heterocycles. The van der Waals surface area contributed by atoms with E-state index in [2.05, 4.69) is 10.0 Å². The fourth-order valence-electron chi connectivity index (χ4n) is 1.97. The zero-order chi connectivity index (χ0) is 16.2. The van der Waals surface area contributed by atoms with Gasteiger partial charge in [0.15, 0.2) is 0 Å². The third-order valence-electron chi connectivity index (χ3n) is 2.89. The monoisotopic (exact) mass is 358 g/mol. The number of benzene rings is 2. The molecule has 0 radical (unpaired) electrons. The van der Waals surface area contributed by atoms with Gasteiger partial charge in [-0.1, -0.05) is 41.4 Å². The van der Waals surface area contributed by atoms with Crippen molar-refractivity contribution < 1.29 is 8.42 Å². The molecule has 0 bridgehead atoms. The van der Waals surface area contributed by atoms with Crippen molar-refractivity contribution in [2.45, 2.75) is 13.1 Å². The highest BCUT2D eigenvalue weighted by atomic mass is 35.5. The van der Waals surface area contributed by atoms with Gasteiger partial charge in [0.05, 0.1) is 6.26 Å². The summed E-state index contributed by atoms with van der Waals surface area (Å²) in [5.41, 5.74) is 2.47. The molecule has 22 heavy (non-hydrogen) atoms. The first kappa shape index (κ1) is 17.1. The second kappa shape index (κ2) is 7.33. The van der Waals surface area contributed by atoms with Gasteiger partial charge in [0.2, 0.25) is 10.0 Å². The number of rotatable bonds is 6. The van der Waals surface area contributed by atoms with Crippen LogP contribution >= 0.6 is 23.2 Å². The molecule has 0 atom stereocenters. The fraction of sp³-hybridized carbons (Fsp3) is 0.200. The zero-order valence-corrected chi connectivity index (χ0v) is 14.3. The lowest BCUT2D eigenvalue weighted by atomic mass is 10.2. The summed E-state index contributed by atoms with van der Waals surface area (Å²) >= 11 is 12.0. The molecule has 0 heterocycles. The number of anilines is 1. The number of sulfonamides is 1. The molecule has 2 N–H and O–H groups in total. The van der Waals surface area contributed by atoms with Gasteiger partial charge in [-0.2, -0.15) is 0 Å². The molecule has 7 heteroatoms. The van der Waals surface area contributed by atoms with Crippen LogP contribution in [-0.4, -0.2) is 14.7 Å². The second-order valence-electron chi connectivity index (χ2n) is 4.91. The Kier molecular flexibility index (Phi) is 5.69. The minimum atomic E-state index is -3.27. The Bertz CT molecular complexity index is 764. The highest BCUT2D eigenvalue weighted by molar-refractivity contribution is 7.92. The van der Waals surface area contributed by atoms with Crippen molar-refractivity contribution in [2.24, 2.45) is 0 Å². The summed E-state index contributed by atoms with van der Waals surface area (Å²) in [7, 11) is -3.27. The molecule has 0 saturated heterocycles. The Labute approximate surface area is 140 Å². The van der Waals surface area contributed by atoms with Crippen LogP contribution in [0.25, 0.3) is 0 Å². The standard InChI is InChI=1S/C15H16Cl2N2O2S/c1-22(20,21)19-14-4-2-3-11(7-14)9-18-10-12-5-6-13(16)8-15(12)17/h2-8,18-19H,9-10H2,1H3. The van der Waals surface area contributed by atoms with Crippen molar-refractivity contribution in [3.63, 3.8) is 0 Å². The van der Waals surface area contributed by atoms with E-state index in [0.717, 1.165) is 17.4 Å². The van der Waals surface area contributed by atoms with Crippen LogP contribution in [0.15, 0.2) is 42.5 Å². The first-order chi connectivity index (χ1) is 10.3. The van der Waals surface area contributed by atoms with Gasteiger partial charge >= 0.3 is 0 Å². The average Bonchev–Trinajstić information content (AvgIpc) is 2.40. The molecule has 2 rings (SSSR count). The van der Waals surface area contributed by atoms with E-state index in [0.29, 0.717) is 28.8 Å². The lowest BCUT2D eigenvalue weighted by molar-refractivity contribution is 0.607. The van der Waals surface area contributed by atoms with Gasteiger partial charge in [-0.25, -0.2) is 8.42 Å². The molecule has 2 aromatic rings. The molecule has 118 valence electrons. The molecule has 0 aliphatic rings. The molecule has 0 fully saturated rings. The number of hydrogen-bond donors (Lipinski definition) is 2. The van der Waals surface area contributed by atoms with E-state index in [1.807, 2.05) is 12.1 Å². The first-order valence-corrected chi connectivity index (χ1v) is 9.19. The van der Waals surface area contributed by atoms with Crippen molar-refractivity contribution in [3.8, 4) is 0 Å². The van der Waals surface area contributed by atoms with Crippen LogP contribution in [0.4, 0.5) is 5.69 Å². The quantitative estimate of drug-likeness (QED) is 0.828. The highest BCUT2D eigenvalue weighted by Crippen LogP contribution is 2.21. The van der Waals surface area contributed by atoms with Crippen LogP contribution in [-0.2, 0) is 23.1 Å². The van der Waals surface area contributed by atoms with E-state index in [1.54, 1.807) is 30.3 Å². The smallest absolute Gasteiger partial charge is 0.229 e. The van der Waals surface area contributed by atoms with Crippen LogP contribution in [0.1, 0.15) is 11.1 Å². The highest BCUT2D eigenvalue weighted by Gasteiger charge is 2.04. The van der Waals surface area contributed by atoms with E-state index >= 15 is 0 Å². The Morgan fingerprint density at radius 2 is 1.82 bits per heavy atom. The molecule has 2 aromatic carbocycles. The van der Waals surface area contributed by atoms with E-state index in [4.69, 9.17) is 23.2 Å². The molecule has 0 aliphatic carbocycles.